The summed E-state index contributed by atoms with van der Waals surface area (Å²) < 4.78 is 5.10. The van der Waals surface area contributed by atoms with Crippen molar-refractivity contribution < 1.29 is 14.3 Å². The number of anilines is 1. The van der Waals surface area contributed by atoms with Gasteiger partial charge in [-0.25, -0.2) is 4.79 Å². The molecule has 0 fully saturated rings. The van der Waals surface area contributed by atoms with Gasteiger partial charge in [0.05, 0.1) is 11.3 Å². The molecular weight excluding hydrogens is 310 g/mol. The molecule has 0 spiro atoms. The molecule has 0 aliphatic rings. The maximum Gasteiger partial charge on any atom is 0.338 e. The first-order valence-corrected chi connectivity index (χ1v) is 8.41. The number of carbonyl (C=O) groups is 2. The fourth-order valence-corrected chi connectivity index (χ4v) is 2.74. The maximum atomic E-state index is 12.1. The normalized spacial score (nSPS) is 10.2. The molecule has 0 aliphatic heterocycles. The summed E-state index contributed by atoms with van der Waals surface area (Å²) in [5, 5.41) is 2.76. The summed E-state index contributed by atoms with van der Waals surface area (Å²) in [6.45, 7) is 3.49. The molecule has 4 nitrogen and oxygen atoms in total. The van der Waals surface area contributed by atoms with E-state index in [-0.39, 0.29) is 12.5 Å². The Balaban J connectivity index is 1.95. The van der Waals surface area contributed by atoms with E-state index in [0.717, 1.165) is 16.0 Å². The van der Waals surface area contributed by atoms with Crippen molar-refractivity contribution in [2.24, 2.45) is 0 Å². The third kappa shape index (κ3) is 4.60. The van der Waals surface area contributed by atoms with E-state index >= 15 is 0 Å². The van der Waals surface area contributed by atoms with Gasteiger partial charge in [-0.15, -0.1) is 11.8 Å². The smallest absolute Gasteiger partial charge is 0.338 e. The number of rotatable bonds is 5. The zero-order valence-corrected chi connectivity index (χ0v) is 14.2. The Morgan fingerprint density at radius 2 is 1.87 bits per heavy atom. The van der Waals surface area contributed by atoms with Crippen LogP contribution in [-0.4, -0.2) is 24.7 Å². The van der Waals surface area contributed by atoms with Gasteiger partial charge in [-0.05, 0) is 43.9 Å². The fraction of sp³-hybridized carbons (Fsp3) is 0.222. The van der Waals surface area contributed by atoms with Gasteiger partial charge < -0.3 is 10.1 Å². The summed E-state index contributed by atoms with van der Waals surface area (Å²) in [6, 6.07) is 13.0. The van der Waals surface area contributed by atoms with Crippen LogP contribution >= 0.6 is 11.8 Å². The first-order valence-electron chi connectivity index (χ1n) is 7.18. The van der Waals surface area contributed by atoms with Crippen LogP contribution in [0.2, 0.25) is 0 Å². The van der Waals surface area contributed by atoms with Gasteiger partial charge in [-0.2, -0.15) is 0 Å². The van der Waals surface area contributed by atoms with E-state index in [2.05, 4.69) is 5.32 Å². The highest BCUT2D eigenvalue weighted by atomic mass is 32.2. The molecule has 1 amide bonds. The Morgan fingerprint density at radius 3 is 2.57 bits per heavy atom. The second-order valence-electron chi connectivity index (χ2n) is 5.14. The lowest BCUT2D eigenvalue weighted by Crippen LogP contribution is -2.21. The van der Waals surface area contributed by atoms with E-state index in [1.807, 2.05) is 56.5 Å². The van der Waals surface area contributed by atoms with Gasteiger partial charge in [0, 0.05) is 4.90 Å². The number of para-hydroxylation sites is 1. The molecule has 0 atom stereocenters. The monoisotopic (exact) mass is 329 g/mol. The summed E-state index contributed by atoms with van der Waals surface area (Å²) in [6.07, 6.45) is 1.94. The van der Waals surface area contributed by atoms with Crippen LogP contribution in [0, 0.1) is 13.8 Å². The molecule has 2 aromatic rings. The molecule has 2 rings (SSSR count). The second-order valence-corrected chi connectivity index (χ2v) is 5.99. The Kier molecular flexibility index (Phi) is 5.82. The van der Waals surface area contributed by atoms with E-state index in [4.69, 9.17) is 4.74 Å². The summed E-state index contributed by atoms with van der Waals surface area (Å²) in [5.41, 5.74) is 3.11. The quantitative estimate of drug-likeness (QED) is 0.669. The highest BCUT2D eigenvalue weighted by molar-refractivity contribution is 7.98. The average molecular weight is 329 g/mol. The van der Waals surface area contributed by atoms with Crippen LogP contribution in [0.4, 0.5) is 5.69 Å². The van der Waals surface area contributed by atoms with Crippen molar-refractivity contribution in [1.82, 2.24) is 0 Å². The van der Waals surface area contributed by atoms with Gasteiger partial charge >= 0.3 is 5.97 Å². The number of ether oxygens (including phenoxy) is 1. The highest BCUT2D eigenvalue weighted by Gasteiger charge is 2.13. The van der Waals surface area contributed by atoms with Crippen molar-refractivity contribution in [1.29, 1.82) is 0 Å². The number of benzene rings is 2. The molecule has 2 aromatic carbocycles. The minimum Gasteiger partial charge on any atom is -0.452 e. The lowest BCUT2D eigenvalue weighted by molar-refractivity contribution is -0.119. The van der Waals surface area contributed by atoms with Gasteiger partial charge in [0.1, 0.15) is 0 Å². The molecule has 0 saturated carbocycles. The largest absolute Gasteiger partial charge is 0.452 e. The van der Waals surface area contributed by atoms with Crippen molar-refractivity contribution in [2.45, 2.75) is 18.7 Å². The topological polar surface area (TPSA) is 55.4 Å². The van der Waals surface area contributed by atoms with Crippen molar-refractivity contribution >= 4 is 29.3 Å². The lowest BCUT2D eigenvalue weighted by atomic mass is 10.1. The highest BCUT2D eigenvalue weighted by Crippen LogP contribution is 2.24. The van der Waals surface area contributed by atoms with Crippen molar-refractivity contribution in [3.8, 4) is 0 Å². The van der Waals surface area contributed by atoms with Crippen LogP contribution in [0.25, 0.3) is 0 Å². The zero-order valence-electron chi connectivity index (χ0n) is 13.4. The lowest BCUT2D eigenvalue weighted by Gasteiger charge is -2.10. The molecule has 0 unspecified atom stereocenters. The third-order valence-electron chi connectivity index (χ3n) is 3.32. The Hall–Kier alpha value is -2.27. The van der Waals surface area contributed by atoms with Crippen LogP contribution in [0.1, 0.15) is 21.5 Å². The second kappa shape index (κ2) is 7.83. The van der Waals surface area contributed by atoms with E-state index < -0.39 is 5.97 Å². The minimum absolute atomic E-state index is 0.311. The number of esters is 1. The molecule has 0 aromatic heterocycles. The van der Waals surface area contributed by atoms with Crippen LogP contribution in [0.15, 0.2) is 47.4 Å². The number of nitrogens with one attached hydrogen (secondary N) is 1. The number of aryl methyl sites for hydroxylation is 2. The number of hydrogen-bond acceptors (Lipinski definition) is 4. The first kappa shape index (κ1) is 17.1. The summed E-state index contributed by atoms with van der Waals surface area (Å²) in [7, 11) is 0. The third-order valence-corrected chi connectivity index (χ3v) is 4.11. The van der Waals surface area contributed by atoms with Crippen molar-refractivity contribution in [3.05, 3.63) is 59.2 Å². The number of hydrogen-bond donors (Lipinski definition) is 1. The van der Waals surface area contributed by atoms with Gasteiger partial charge in [-0.1, -0.05) is 29.8 Å². The first-order chi connectivity index (χ1) is 11.0. The predicted molar refractivity (Wildman–Crippen MR) is 93.1 cm³/mol. The van der Waals surface area contributed by atoms with Gasteiger partial charge in [-0.3, -0.25) is 4.79 Å². The van der Waals surface area contributed by atoms with Crippen LogP contribution in [0.5, 0.6) is 0 Å². The van der Waals surface area contributed by atoms with Crippen molar-refractivity contribution in [2.75, 3.05) is 18.2 Å². The molecular formula is C18H19NO3S. The van der Waals surface area contributed by atoms with Crippen LogP contribution in [0.3, 0.4) is 0 Å². The molecule has 120 valence electrons. The molecule has 0 radical (unpaired) electrons. The molecule has 0 saturated heterocycles. The molecule has 0 aliphatic carbocycles. The molecule has 23 heavy (non-hydrogen) atoms. The number of carbonyl (C=O) groups excluding carboxylic acids is 2. The molecule has 5 heteroatoms. The Morgan fingerprint density at radius 1 is 1.13 bits per heavy atom. The average Bonchev–Trinajstić information content (AvgIpc) is 2.53. The van der Waals surface area contributed by atoms with E-state index in [0.29, 0.717) is 11.3 Å². The SMILES string of the molecule is CSc1ccccc1NC(=O)COC(=O)c1ccc(C)cc1C. The standard InChI is InChI=1S/C18H19NO3S/c1-12-8-9-14(13(2)10-12)18(21)22-11-17(20)19-15-6-4-5-7-16(15)23-3/h4-10H,11H2,1-3H3,(H,19,20). The number of amides is 1. The van der Waals surface area contributed by atoms with E-state index in [1.165, 1.54) is 11.8 Å². The van der Waals surface area contributed by atoms with Crippen LogP contribution < -0.4 is 5.32 Å². The Labute approximate surface area is 140 Å². The molecule has 0 heterocycles. The minimum atomic E-state index is -0.490. The number of thioether (sulfide) groups is 1. The molecule has 1 N–H and O–H groups in total. The zero-order chi connectivity index (χ0) is 16.8. The van der Waals surface area contributed by atoms with Gasteiger partial charge in [0.25, 0.3) is 5.91 Å². The molecule has 0 bridgehead atoms. The van der Waals surface area contributed by atoms with Crippen molar-refractivity contribution in [3.63, 3.8) is 0 Å². The van der Waals surface area contributed by atoms with Crippen LogP contribution in [-0.2, 0) is 9.53 Å². The summed E-state index contributed by atoms with van der Waals surface area (Å²) in [4.78, 5) is 25.0. The fourth-order valence-electron chi connectivity index (χ4n) is 2.19. The van der Waals surface area contributed by atoms with E-state index in [1.54, 1.807) is 6.07 Å². The van der Waals surface area contributed by atoms with Gasteiger partial charge in [0.2, 0.25) is 0 Å². The summed E-state index contributed by atoms with van der Waals surface area (Å²) in [5.74, 6) is -0.847. The van der Waals surface area contributed by atoms with Gasteiger partial charge in [0.15, 0.2) is 6.61 Å². The Bertz CT molecular complexity index is 728. The maximum absolute atomic E-state index is 12.1. The summed E-state index contributed by atoms with van der Waals surface area (Å²) >= 11 is 1.54. The van der Waals surface area contributed by atoms with E-state index in [9.17, 15) is 9.59 Å². The predicted octanol–water partition coefficient (Wildman–Crippen LogP) is 3.82.